The van der Waals surface area contributed by atoms with Crippen molar-refractivity contribution in [1.82, 2.24) is 10.2 Å². The van der Waals surface area contributed by atoms with Gasteiger partial charge in [0.1, 0.15) is 0 Å². The summed E-state index contributed by atoms with van der Waals surface area (Å²) < 4.78 is 0. The van der Waals surface area contributed by atoms with Crippen LogP contribution < -0.4 is 5.32 Å². The van der Waals surface area contributed by atoms with Crippen molar-refractivity contribution < 1.29 is 0 Å². The molecule has 0 atom stereocenters. The summed E-state index contributed by atoms with van der Waals surface area (Å²) in [5.74, 6) is 0.833. The minimum atomic E-state index is 0. The topological polar surface area (TPSA) is 15.3 Å². The van der Waals surface area contributed by atoms with E-state index in [-0.39, 0.29) is 12.4 Å². The van der Waals surface area contributed by atoms with Crippen molar-refractivity contribution in [2.24, 2.45) is 5.92 Å². The van der Waals surface area contributed by atoms with Gasteiger partial charge >= 0.3 is 0 Å². The quantitative estimate of drug-likeness (QED) is 0.905. The van der Waals surface area contributed by atoms with Crippen LogP contribution in [0.5, 0.6) is 0 Å². The van der Waals surface area contributed by atoms with E-state index < -0.39 is 0 Å². The average Bonchev–Trinajstić information content (AvgIpc) is 2.37. The molecular weight excluding hydrogens is 303 g/mol. The Morgan fingerprint density at radius 1 is 1.21 bits per heavy atom. The molecule has 0 aromatic heterocycles. The molecule has 1 N–H and O–H groups in total. The van der Waals surface area contributed by atoms with Gasteiger partial charge in [0.25, 0.3) is 0 Å². The Labute approximate surface area is 131 Å². The molecule has 0 bridgehead atoms. The SMILES string of the molecule is CNCC1CCN(Cc2ccc(Cl)c(Cl)c2)CC1.Cl. The van der Waals surface area contributed by atoms with E-state index in [1.807, 2.05) is 19.2 Å². The Balaban J connectivity index is 0.00000180. The number of rotatable bonds is 4. The number of nitrogens with zero attached hydrogens (tertiary/aromatic N) is 1. The van der Waals surface area contributed by atoms with Gasteiger partial charge in [-0.25, -0.2) is 0 Å². The van der Waals surface area contributed by atoms with E-state index in [1.54, 1.807) is 0 Å². The van der Waals surface area contributed by atoms with E-state index in [0.717, 1.165) is 19.0 Å². The molecule has 1 saturated heterocycles. The van der Waals surface area contributed by atoms with Crippen LogP contribution in [-0.2, 0) is 6.54 Å². The van der Waals surface area contributed by atoms with Crippen LogP contribution in [0.2, 0.25) is 10.0 Å². The molecule has 0 radical (unpaired) electrons. The lowest BCUT2D eigenvalue weighted by molar-refractivity contribution is 0.177. The lowest BCUT2D eigenvalue weighted by Crippen LogP contribution is -2.36. The van der Waals surface area contributed by atoms with Crippen LogP contribution in [0.1, 0.15) is 18.4 Å². The highest BCUT2D eigenvalue weighted by molar-refractivity contribution is 6.42. The van der Waals surface area contributed by atoms with Gasteiger partial charge in [0.2, 0.25) is 0 Å². The molecule has 2 nitrogen and oxygen atoms in total. The first-order chi connectivity index (χ1) is 8.69. The molecule has 108 valence electrons. The highest BCUT2D eigenvalue weighted by Gasteiger charge is 2.18. The first-order valence-corrected chi connectivity index (χ1v) is 7.25. The summed E-state index contributed by atoms with van der Waals surface area (Å²) in [7, 11) is 2.03. The van der Waals surface area contributed by atoms with Crippen molar-refractivity contribution in [3.63, 3.8) is 0 Å². The predicted octanol–water partition coefficient (Wildman–Crippen LogP) is 3.85. The van der Waals surface area contributed by atoms with Crippen LogP contribution >= 0.6 is 35.6 Å². The highest BCUT2D eigenvalue weighted by atomic mass is 35.5. The molecule has 0 spiro atoms. The summed E-state index contributed by atoms with van der Waals surface area (Å²) in [6.45, 7) is 4.46. The number of halogens is 3. The van der Waals surface area contributed by atoms with E-state index in [1.165, 1.54) is 31.5 Å². The lowest BCUT2D eigenvalue weighted by atomic mass is 9.96. The van der Waals surface area contributed by atoms with Gasteiger partial charge in [0.15, 0.2) is 0 Å². The molecule has 0 unspecified atom stereocenters. The molecule has 19 heavy (non-hydrogen) atoms. The molecule has 1 fully saturated rings. The number of piperidine rings is 1. The number of likely N-dealkylation sites (tertiary alicyclic amines) is 1. The molecule has 1 aromatic rings. The van der Waals surface area contributed by atoms with E-state index in [4.69, 9.17) is 23.2 Å². The zero-order valence-corrected chi connectivity index (χ0v) is 13.5. The molecule has 0 aliphatic carbocycles. The van der Waals surface area contributed by atoms with E-state index in [2.05, 4.69) is 16.3 Å². The van der Waals surface area contributed by atoms with Crippen LogP contribution in [0.4, 0.5) is 0 Å². The number of hydrogen-bond acceptors (Lipinski definition) is 2. The standard InChI is InChI=1S/C14H20Cl2N2.ClH/c1-17-9-11-4-6-18(7-5-11)10-12-2-3-13(15)14(16)8-12;/h2-3,8,11,17H,4-7,9-10H2,1H3;1H. The van der Waals surface area contributed by atoms with Crippen molar-refractivity contribution in [2.75, 3.05) is 26.7 Å². The third kappa shape index (κ3) is 5.13. The molecule has 1 aliphatic rings. The number of benzene rings is 1. The van der Waals surface area contributed by atoms with Gasteiger partial charge in [-0.15, -0.1) is 12.4 Å². The second kappa shape index (κ2) is 8.33. The van der Waals surface area contributed by atoms with Gasteiger partial charge in [-0.2, -0.15) is 0 Å². The second-order valence-corrected chi connectivity index (χ2v) is 5.84. The Kier molecular flexibility index (Phi) is 7.48. The van der Waals surface area contributed by atoms with Gasteiger partial charge < -0.3 is 5.32 Å². The summed E-state index contributed by atoms with van der Waals surface area (Å²) in [5, 5.41) is 4.55. The Morgan fingerprint density at radius 3 is 2.47 bits per heavy atom. The maximum absolute atomic E-state index is 6.04. The number of hydrogen-bond donors (Lipinski definition) is 1. The van der Waals surface area contributed by atoms with E-state index >= 15 is 0 Å². The van der Waals surface area contributed by atoms with E-state index in [0.29, 0.717) is 10.0 Å². The smallest absolute Gasteiger partial charge is 0.0595 e. The van der Waals surface area contributed by atoms with Gasteiger partial charge in [-0.05, 0) is 63.1 Å². The first-order valence-electron chi connectivity index (χ1n) is 6.50. The van der Waals surface area contributed by atoms with Crippen molar-refractivity contribution in [2.45, 2.75) is 19.4 Å². The van der Waals surface area contributed by atoms with Crippen LogP contribution in [0.3, 0.4) is 0 Å². The van der Waals surface area contributed by atoms with Crippen molar-refractivity contribution in [3.05, 3.63) is 33.8 Å². The minimum absolute atomic E-state index is 0. The summed E-state index contributed by atoms with van der Waals surface area (Å²) in [6, 6.07) is 5.92. The normalized spacial score (nSPS) is 17.2. The zero-order chi connectivity index (χ0) is 13.0. The third-order valence-corrected chi connectivity index (χ3v) is 4.33. The van der Waals surface area contributed by atoms with Crippen molar-refractivity contribution in [1.29, 1.82) is 0 Å². The average molecular weight is 324 g/mol. The molecule has 0 saturated carbocycles. The Bertz CT molecular complexity index is 390. The predicted molar refractivity (Wildman–Crippen MR) is 85.6 cm³/mol. The maximum atomic E-state index is 6.04. The zero-order valence-electron chi connectivity index (χ0n) is 11.2. The van der Waals surface area contributed by atoms with Crippen LogP contribution in [-0.4, -0.2) is 31.6 Å². The Morgan fingerprint density at radius 2 is 1.89 bits per heavy atom. The summed E-state index contributed by atoms with van der Waals surface area (Å²) in [4.78, 5) is 2.49. The van der Waals surface area contributed by atoms with Crippen LogP contribution in [0.15, 0.2) is 18.2 Å². The maximum Gasteiger partial charge on any atom is 0.0595 e. The van der Waals surface area contributed by atoms with Gasteiger partial charge in [0, 0.05) is 6.54 Å². The molecule has 5 heteroatoms. The summed E-state index contributed by atoms with van der Waals surface area (Å²) >= 11 is 12.0. The minimum Gasteiger partial charge on any atom is -0.319 e. The number of nitrogens with one attached hydrogen (secondary N) is 1. The van der Waals surface area contributed by atoms with E-state index in [9.17, 15) is 0 Å². The largest absolute Gasteiger partial charge is 0.319 e. The lowest BCUT2D eigenvalue weighted by Gasteiger charge is -2.31. The van der Waals surface area contributed by atoms with Gasteiger partial charge in [-0.3, -0.25) is 4.90 Å². The monoisotopic (exact) mass is 322 g/mol. The highest BCUT2D eigenvalue weighted by Crippen LogP contribution is 2.24. The van der Waals surface area contributed by atoms with Crippen LogP contribution in [0.25, 0.3) is 0 Å². The summed E-state index contributed by atoms with van der Waals surface area (Å²) in [5.41, 5.74) is 1.25. The van der Waals surface area contributed by atoms with Crippen molar-refractivity contribution >= 4 is 35.6 Å². The summed E-state index contributed by atoms with van der Waals surface area (Å²) in [6.07, 6.45) is 2.56. The molecular formula is C14H21Cl3N2. The van der Waals surface area contributed by atoms with Crippen molar-refractivity contribution in [3.8, 4) is 0 Å². The van der Waals surface area contributed by atoms with Crippen LogP contribution in [0, 0.1) is 5.92 Å². The van der Waals surface area contributed by atoms with Gasteiger partial charge in [-0.1, -0.05) is 29.3 Å². The van der Waals surface area contributed by atoms with Gasteiger partial charge in [0.05, 0.1) is 10.0 Å². The molecule has 1 aliphatic heterocycles. The molecule has 0 amide bonds. The fourth-order valence-electron chi connectivity index (χ4n) is 2.53. The fourth-order valence-corrected chi connectivity index (χ4v) is 2.85. The third-order valence-electron chi connectivity index (χ3n) is 3.59. The molecule has 2 rings (SSSR count). The Hall–Kier alpha value is 0.01000. The fraction of sp³-hybridized carbons (Fsp3) is 0.571. The molecule has 1 aromatic carbocycles. The first kappa shape index (κ1) is 17.1. The molecule has 1 heterocycles. The second-order valence-electron chi connectivity index (χ2n) is 5.03.